The highest BCUT2D eigenvalue weighted by Crippen LogP contribution is 2.28. The van der Waals surface area contributed by atoms with E-state index in [0.29, 0.717) is 42.5 Å². The third-order valence-electron chi connectivity index (χ3n) is 4.24. The Labute approximate surface area is 169 Å². The minimum atomic E-state index is -0.133. The van der Waals surface area contributed by atoms with Crippen LogP contribution in [0.15, 0.2) is 54.9 Å². The summed E-state index contributed by atoms with van der Waals surface area (Å²) >= 11 is 0. The number of hydrogen-bond acceptors (Lipinski definition) is 7. The van der Waals surface area contributed by atoms with Crippen molar-refractivity contribution in [3.63, 3.8) is 0 Å². The molecule has 3 rings (SSSR count). The quantitative estimate of drug-likeness (QED) is 0.576. The first kappa shape index (κ1) is 20.1. The molecular formula is C21H23N5O3. The Morgan fingerprint density at radius 3 is 2.31 bits per heavy atom. The van der Waals surface area contributed by atoms with E-state index in [1.807, 2.05) is 30.3 Å². The lowest BCUT2D eigenvalue weighted by atomic mass is 10.1. The summed E-state index contributed by atoms with van der Waals surface area (Å²) in [5, 5.41) is 14.1. The maximum atomic E-state index is 12.2. The highest BCUT2D eigenvalue weighted by molar-refractivity contribution is 5.89. The molecule has 0 aliphatic rings. The second-order valence-corrected chi connectivity index (χ2v) is 6.25. The van der Waals surface area contributed by atoms with Gasteiger partial charge in [-0.3, -0.25) is 9.78 Å². The molecule has 0 spiro atoms. The molecule has 2 heterocycles. The Bertz CT molecular complexity index is 933. The van der Waals surface area contributed by atoms with E-state index in [1.54, 1.807) is 38.7 Å². The van der Waals surface area contributed by atoms with Crippen molar-refractivity contribution >= 4 is 17.5 Å². The lowest BCUT2D eigenvalue weighted by molar-refractivity contribution is -0.116. The maximum absolute atomic E-state index is 12.2. The number of benzene rings is 1. The van der Waals surface area contributed by atoms with Gasteiger partial charge < -0.3 is 20.1 Å². The van der Waals surface area contributed by atoms with E-state index in [1.165, 1.54) is 0 Å². The predicted octanol–water partition coefficient (Wildman–Crippen LogP) is 3.07. The summed E-state index contributed by atoms with van der Waals surface area (Å²) in [4.78, 5) is 16.2. The van der Waals surface area contributed by atoms with Gasteiger partial charge in [-0.25, -0.2) is 0 Å². The number of rotatable bonds is 9. The number of amides is 1. The molecule has 0 saturated carbocycles. The molecule has 0 fully saturated rings. The molecule has 2 aromatic heterocycles. The van der Waals surface area contributed by atoms with Crippen LogP contribution in [0.1, 0.15) is 17.5 Å². The van der Waals surface area contributed by atoms with Gasteiger partial charge >= 0.3 is 0 Å². The second-order valence-electron chi connectivity index (χ2n) is 6.25. The zero-order chi connectivity index (χ0) is 20.5. The SMILES string of the molecule is COc1ccc(CCC(=O)Nc2ccc(NCc3ccncc3)nn2)cc1OC. The van der Waals surface area contributed by atoms with E-state index in [0.717, 1.165) is 11.1 Å². The molecular weight excluding hydrogens is 370 g/mol. The summed E-state index contributed by atoms with van der Waals surface area (Å²) in [6.45, 7) is 0.619. The molecule has 1 aromatic carbocycles. The van der Waals surface area contributed by atoms with E-state index in [4.69, 9.17) is 9.47 Å². The smallest absolute Gasteiger partial charge is 0.225 e. The van der Waals surface area contributed by atoms with Crippen LogP contribution in [0.2, 0.25) is 0 Å². The summed E-state index contributed by atoms with van der Waals surface area (Å²) in [5.41, 5.74) is 2.08. The van der Waals surface area contributed by atoms with Crippen molar-refractivity contribution in [3.8, 4) is 11.5 Å². The Hall–Kier alpha value is -3.68. The first-order chi connectivity index (χ1) is 14.2. The number of ether oxygens (including phenoxy) is 2. The molecule has 150 valence electrons. The van der Waals surface area contributed by atoms with Gasteiger partial charge in [0.1, 0.15) is 5.82 Å². The van der Waals surface area contributed by atoms with Crippen LogP contribution in [0.5, 0.6) is 11.5 Å². The van der Waals surface area contributed by atoms with Crippen LogP contribution >= 0.6 is 0 Å². The number of pyridine rings is 1. The predicted molar refractivity (Wildman–Crippen MR) is 110 cm³/mol. The molecule has 3 aromatic rings. The lowest BCUT2D eigenvalue weighted by Gasteiger charge is -2.10. The second kappa shape index (κ2) is 10.0. The highest BCUT2D eigenvalue weighted by Gasteiger charge is 2.08. The molecule has 1 amide bonds. The first-order valence-corrected chi connectivity index (χ1v) is 9.15. The monoisotopic (exact) mass is 393 g/mol. The Morgan fingerprint density at radius 2 is 1.62 bits per heavy atom. The summed E-state index contributed by atoms with van der Waals surface area (Å²) in [7, 11) is 3.18. The zero-order valence-corrected chi connectivity index (χ0v) is 16.4. The van der Waals surface area contributed by atoms with Crippen LogP contribution in [-0.2, 0) is 17.8 Å². The van der Waals surface area contributed by atoms with E-state index in [-0.39, 0.29) is 5.91 Å². The third kappa shape index (κ3) is 5.90. The number of carbonyl (C=O) groups excluding carboxylic acids is 1. The number of aryl methyl sites for hydroxylation is 1. The molecule has 0 aliphatic heterocycles. The number of hydrogen-bond donors (Lipinski definition) is 2. The van der Waals surface area contributed by atoms with Crippen LogP contribution < -0.4 is 20.1 Å². The van der Waals surface area contributed by atoms with E-state index in [9.17, 15) is 4.79 Å². The number of carbonyl (C=O) groups is 1. The fraction of sp³-hybridized carbons (Fsp3) is 0.238. The van der Waals surface area contributed by atoms with Crippen molar-refractivity contribution in [2.75, 3.05) is 24.9 Å². The summed E-state index contributed by atoms with van der Waals surface area (Å²) in [6, 6.07) is 13.0. The molecule has 8 nitrogen and oxygen atoms in total. The van der Waals surface area contributed by atoms with Crippen molar-refractivity contribution in [3.05, 3.63) is 66.0 Å². The van der Waals surface area contributed by atoms with Crippen molar-refractivity contribution in [1.29, 1.82) is 0 Å². The van der Waals surface area contributed by atoms with Crippen molar-refractivity contribution in [2.24, 2.45) is 0 Å². The highest BCUT2D eigenvalue weighted by atomic mass is 16.5. The molecule has 0 aliphatic carbocycles. The summed E-state index contributed by atoms with van der Waals surface area (Å²) in [5.74, 6) is 2.22. The average molecular weight is 393 g/mol. The zero-order valence-electron chi connectivity index (χ0n) is 16.4. The molecule has 0 radical (unpaired) electrons. The Kier molecular flexibility index (Phi) is 6.94. The van der Waals surface area contributed by atoms with Gasteiger partial charge in [0.15, 0.2) is 17.3 Å². The normalized spacial score (nSPS) is 10.3. The molecule has 0 unspecified atom stereocenters. The van der Waals surface area contributed by atoms with Gasteiger partial charge in [0, 0.05) is 25.4 Å². The molecule has 2 N–H and O–H groups in total. The Balaban J connectivity index is 1.48. The molecule has 8 heteroatoms. The fourth-order valence-electron chi connectivity index (χ4n) is 2.69. The number of methoxy groups -OCH3 is 2. The van der Waals surface area contributed by atoms with Gasteiger partial charge in [0.05, 0.1) is 14.2 Å². The van der Waals surface area contributed by atoms with Gasteiger partial charge in [-0.15, -0.1) is 10.2 Å². The van der Waals surface area contributed by atoms with Crippen LogP contribution in [0.25, 0.3) is 0 Å². The third-order valence-corrected chi connectivity index (χ3v) is 4.24. The van der Waals surface area contributed by atoms with Crippen LogP contribution in [-0.4, -0.2) is 35.3 Å². The summed E-state index contributed by atoms with van der Waals surface area (Å²) in [6.07, 6.45) is 4.37. The van der Waals surface area contributed by atoms with Crippen molar-refractivity contribution in [1.82, 2.24) is 15.2 Å². The number of aromatic nitrogens is 3. The largest absolute Gasteiger partial charge is 0.493 e. The first-order valence-electron chi connectivity index (χ1n) is 9.15. The summed E-state index contributed by atoms with van der Waals surface area (Å²) < 4.78 is 10.5. The van der Waals surface area contributed by atoms with Crippen LogP contribution in [0, 0.1) is 0 Å². The molecule has 0 atom stereocenters. The van der Waals surface area contributed by atoms with E-state index in [2.05, 4.69) is 25.8 Å². The number of nitrogens with one attached hydrogen (secondary N) is 2. The van der Waals surface area contributed by atoms with Crippen molar-refractivity contribution < 1.29 is 14.3 Å². The number of anilines is 2. The minimum absolute atomic E-state index is 0.133. The Morgan fingerprint density at radius 1 is 0.897 bits per heavy atom. The van der Waals surface area contributed by atoms with Crippen molar-refractivity contribution in [2.45, 2.75) is 19.4 Å². The fourth-order valence-corrected chi connectivity index (χ4v) is 2.69. The molecule has 29 heavy (non-hydrogen) atoms. The van der Waals surface area contributed by atoms with Gasteiger partial charge in [-0.05, 0) is 53.9 Å². The topological polar surface area (TPSA) is 98.3 Å². The minimum Gasteiger partial charge on any atom is -0.493 e. The van der Waals surface area contributed by atoms with E-state index < -0.39 is 0 Å². The van der Waals surface area contributed by atoms with Gasteiger partial charge in [-0.1, -0.05) is 6.07 Å². The van der Waals surface area contributed by atoms with Gasteiger partial charge in [-0.2, -0.15) is 0 Å². The van der Waals surface area contributed by atoms with Gasteiger partial charge in [0.2, 0.25) is 5.91 Å². The van der Waals surface area contributed by atoms with Gasteiger partial charge in [0.25, 0.3) is 0 Å². The average Bonchev–Trinajstić information content (AvgIpc) is 2.77. The lowest BCUT2D eigenvalue weighted by Crippen LogP contribution is -2.14. The maximum Gasteiger partial charge on any atom is 0.225 e. The standard InChI is InChI=1S/C21H23N5O3/c1-28-17-5-3-15(13-18(17)29-2)4-8-21(27)24-20-7-6-19(25-26-20)23-14-16-9-11-22-12-10-16/h3,5-7,9-13H,4,8,14H2,1-2H3,(H,23,25)(H,24,26,27). The number of nitrogens with zero attached hydrogens (tertiary/aromatic N) is 3. The molecule has 0 bridgehead atoms. The molecule has 0 saturated heterocycles. The van der Waals surface area contributed by atoms with Crippen LogP contribution in [0.3, 0.4) is 0 Å². The van der Waals surface area contributed by atoms with Crippen LogP contribution in [0.4, 0.5) is 11.6 Å². The van der Waals surface area contributed by atoms with E-state index >= 15 is 0 Å².